The van der Waals surface area contributed by atoms with Crippen molar-refractivity contribution in [3.05, 3.63) is 34.7 Å². The monoisotopic (exact) mass is 386 g/mol. The third-order valence-corrected chi connectivity index (χ3v) is 5.98. The predicted octanol–water partition coefficient (Wildman–Crippen LogP) is 4.46. The molecule has 1 atom stereocenters. The first-order valence-electron chi connectivity index (χ1n) is 10.2. The lowest BCUT2D eigenvalue weighted by molar-refractivity contribution is -0.938. The van der Waals surface area contributed by atoms with Crippen LogP contribution in [-0.2, 0) is 9.53 Å². The van der Waals surface area contributed by atoms with E-state index in [0.29, 0.717) is 16.9 Å². The van der Waals surface area contributed by atoms with Gasteiger partial charge < -0.3 is 14.5 Å². The average Bonchev–Trinajstić information content (AvgIpc) is 2.95. The number of ether oxygens (including phenoxy) is 1. The number of carbonyl (C=O) groups excluding carboxylic acids is 2. The summed E-state index contributed by atoms with van der Waals surface area (Å²) < 4.78 is 5.92. The van der Waals surface area contributed by atoms with Gasteiger partial charge in [-0.2, -0.15) is 0 Å². The molecule has 6 nitrogen and oxygen atoms in total. The van der Waals surface area contributed by atoms with Crippen LogP contribution in [0.1, 0.15) is 62.4 Å². The summed E-state index contributed by atoms with van der Waals surface area (Å²) in [7, 11) is 0. The Morgan fingerprint density at radius 3 is 2.39 bits per heavy atom. The van der Waals surface area contributed by atoms with Gasteiger partial charge in [0.25, 0.3) is 5.91 Å². The third kappa shape index (κ3) is 4.71. The second-order valence-electron chi connectivity index (χ2n) is 7.58. The molecular weight excluding hydrogens is 354 g/mol. The summed E-state index contributed by atoms with van der Waals surface area (Å²) in [6, 6.07) is 2.97. The van der Waals surface area contributed by atoms with Gasteiger partial charge in [-0.15, -0.1) is 0 Å². The number of hydrogen-bond donors (Lipinski definition) is 1. The van der Waals surface area contributed by atoms with Crippen molar-refractivity contribution in [1.82, 2.24) is 0 Å². The number of aryl methyl sites for hydroxylation is 1. The average molecular weight is 387 g/mol. The molecule has 1 aromatic rings. The van der Waals surface area contributed by atoms with Gasteiger partial charge in [-0.3, -0.25) is 4.79 Å². The molecule has 1 heterocycles. The molecule has 0 spiro atoms. The predicted molar refractivity (Wildman–Crippen MR) is 110 cm³/mol. The first kappa shape index (κ1) is 21.9. The molecule has 1 aromatic carbocycles. The van der Waals surface area contributed by atoms with Crippen LogP contribution in [-0.4, -0.2) is 48.6 Å². The lowest BCUT2D eigenvalue weighted by atomic mass is 10.1. The van der Waals surface area contributed by atoms with E-state index in [9.17, 15) is 9.59 Å². The van der Waals surface area contributed by atoms with Gasteiger partial charge in [-0.05, 0) is 65.0 Å². The third-order valence-electron chi connectivity index (χ3n) is 5.98. The number of nitrogens with one attached hydrogen (secondary N) is 1. The van der Waals surface area contributed by atoms with Gasteiger partial charge in [0.15, 0.2) is 11.7 Å². The van der Waals surface area contributed by atoms with E-state index in [4.69, 9.17) is 11.3 Å². The van der Waals surface area contributed by atoms with Crippen molar-refractivity contribution in [3.8, 4) is 0 Å². The Bertz CT molecular complexity index is 759. The fourth-order valence-corrected chi connectivity index (χ4v) is 4.14. The molecule has 1 fully saturated rings. The van der Waals surface area contributed by atoms with Crippen molar-refractivity contribution in [3.63, 3.8) is 0 Å². The molecule has 152 valence electrons. The molecular formula is C22H32N3O3+. The number of amides is 1. The van der Waals surface area contributed by atoms with E-state index in [0.717, 1.165) is 37.0 Å². The van der Waals surface area contributed by atoms with Crippen LogP contribution in [0.3, 0.4) is 0 Å². The molecule has 1 N–H and O–H groups in total. The zero-order chi connectivity index (χ0) is 20.7. The van der Waals surface area contributed by atoms with Gasteiger partial charge in [0.1, 0.15) is 0 Å². The fraction of sp³-hybridized carbons (Fsp3) is 0.591. The minimum atomic E-state index is -0.520. The van der Waals surface area contributed by atoms with E-state index in [1.165, 1.54) is 18.9 Å². The largest absolute Gasteiger partial charge is 0.462 e. The highest BCUT2D eigenvalue weighted by atomic mass is 16.5. The number of esters is 1. The molecule has 0 radical (unpaired) electrons. The maximum atomic E-state index is 13.2. The van der Waals surface area contributed by atoms with Gasteiger partial charge in [0.05, 0.1) is 44.1 Å². The molecule has 1 unspecified atom stereocenters. The topological polar surface area (TPSA) is 59.8 Å². The summed E-state index contributed by atoms with van der Waals surface area (Å²) in [4.78, 5) is 29.0. The molecule has 0 saturated carbocycles. The zero-order valence-electron chi connectivity index (χ0n) is 17.5. The van der Waals surface area contributed by atoms with Crippen molar-refractivity contribution >= 4 is 23.3 Å². The molecule has 1 aliphatic rings. The maximum absolute atomic E-state index is 13.2. The quantitative estimate of drug-likeness (QED) is 0.446. The number of anilines is 1. The maximum Gasteiger partial charge on any atom is 0.338 e. The van der Waals surface area contributed by atoms with Gasteiger partial charge in [0.2, 0.25) is 0 Å². The van der Waals surface area contributed by atoms with Crippen LogP contribution in [0.15, 0.2) is 12.1 Å². The second kappa shape index (κ2) is 9.70. The van der Waals surface area contributed by atoms with Crippen LogP contribution in [0.4, 0.5) is 11.4 Å². The van der Waals surface area contributed by atoms with Crippen LogP contribution in [0.25, 0.3) is 4.85 Å². The van der Waals surface area contributed by atoms with Crippen molar-refractivity contribution in [2.75, 3.05) is 31.6 Å². The highest BCUT2D eigenvalue weighted by Crippen LogP contribution is 2.29. The molecule has 28 heavy (non-hydrogen) atoms. The number of quaternary nitrogens is 1. The Morgan fingerprint density at radius 2 is 1.86 bits per heavy atom. The van der Waals surface area contributed by atoms with Crippen LogP contribution in [0.2, 0.25) is 0 Å². The van der Waals surface area contributed by atoms with E-state index in [-0.39, 0.29) is 24.1 Å². The smallest absolute Gasteiger partial charge is 0.338 e. The van der Waals surface area contributed by atoms with Gasteiger partial charge in [0, 0.05) is 0 Å². The Balaban J connectivity index is 2.34. The van der Waals surface area contributed by atoms with Crippen molar-refractivity contribution in [2.45, 2.75) is 59.4 Å². The Morgan fingerprint density at radius 1 is 1.21 bits per heavy atom. The van der Waals surface area contributed by atoms with Crippen LogP contribution in [0.5, 0.6) is 0 Å². The number of likely N-dealkylation sites (tertiary alicyclic amines) is 1. The molecule has 0 bridgehead atoms. The van der Waals surface area contributed by atoms with Crippen LogP contribution < -0.4 is 5.32 Å². The summed E-state index contributed by atoms with van der Waals surface area (Å²) in [6.07, 6.45) is 4.72. The molecule has 1 aliphatic heterocycles. The van der Waals surface area contributed by atoms with E-state index in [2.05, 4.69) is 17.1 Å². The number of benzene rings is 1. The molecule has 1 saturated heterocycles. The van der Waals surface area contributed by atoms with E-state index in [1.807, 2.05) is 6.92 Å². The summed E-state index contributed by atoms with van der Waals surface area (Å²) >= 11 is 0. The lowest BCUT2D eigenvalue weighted by Crippen LogP contribution is -2.59. The summed E-state index contributed by atoms with van der Waals surface area (Å²) in [5.74, 6) is -0.610. The molecule has 0 aliphatic carbocycles. The second-order valence-corrected chi connectivity index (χ2v) is 7.58. The minimum absolute atomic E-state index is 0.0899. The van der Waals surface area contributed by atoms with Crippen LogP contribution in [0, 0.1) is 13.5 Å². The first-order valence-corrected chi connectivity index (χ1v) is 10.2. The number of carbonyl (C=O) groups is 2. The summed E-state index contributed by atoms with van der Waals surface area (Å²) in [6.45, 7) is 18.1. The Labute approximate surface area is 168 Å². The number of hydrogen-bond acceptors (Lipinski definition) is 3. The van der Waals surface area contributed by atoms with Gasteiger partial charge >= 0.3 is 5.97 Å². The van der Waals surface area contributed by atoms with E-state index >= 15 is 0 Å². The van der Waals surface area contributed by atoms with Gasteiger partial charge in [-0.1, -0.05) is 6.07 Å². The first-order chi connectivity index (χ1) is 13.4. The van der Waals surface area contributed by atoms with E-state index in [1.54, 1.807) is 19.9 Å². The van der Waals surface area contributed by atoms with Crippen molar-refractivity contribution in [2.24, 2.45) is 0 Å². The van der Waals surface area contributed by atoms with Gasteiger partial charge in [-0.25, -0.2) is 9.64 Å². The SMILES string of the molecule is [C-]#[N+]c1cc(C)c(NC(=O)C(C)[N+]2(CC)CCCCCC2)c(C(=O)OCC)c1. The highest BCUT2D eigenvalue weighted by Gasteiger charge is 2.38. The number of rotatable bonds is 6. The zero-order valence-corrected chi connectivity index (χ0v) is 17.5. The Kier molecular flexibility index (Phi) is 7.59. The summed E-state index contributed by atoms with van der Waals surface area (Å²) in [5, 5.41) is 2.99. The number of likely N-dealkylation sites (N-methyl/N-ethyl adjacent to an activating group) is 1. The standard InChI is InChI=1S/C22H31N3O3/c1-6-25(12-10-8-9-11-13-25)17(4)21(26)24-20-16(3)14-18(23-5)15-19(20)22(27)28-7-2/h14-15,17H,6-13H2,1-4H3/p+1. The fourth-order valence-electron chi connectivity index (χ4n) is 4.14. The van der Waals surface area contributed by atoms with E-state index < -0.39 is 5.97 Å². The summed E-state index contributed by atoms with van der Waals surface area (Å²) in [5.41, 5.74) is 1.74. The normalized spacial score (nSPS) is 17.1. The molecule has 0 aromatic heterocycles. The molecule has 1 amide bonds. The molecule has 6 heteroatoms. The van der Waals surface area contributed by atoms with Crippen molar-refractivity contribution < 1.29 is 18.8 Å². The minimum Gasteiger partial charge on any atom is -0.462 e. The Hall–Kier alpha value is -2.39. The van der Waals surface area contributed by atoms with Crippen LogP contribution >= 0.6 is 0 Å². The highest BCUT2D eigenvalue weighted by molar-refractivity contribution is 6.04. The van der Waals surface area contributed by atoms with Crippen molar-refractivity contribution in [1.29, 1.82) is 0 Å². The number of nitrogens with zero attached hydrogens (tertiary/aromatic N) is 2. The lowest BCUT2D eigenvalue weighted by Gasteiger charge is -2.41. The molecule has 2 rings (SSSR count).